The lowest BCUT2D eigenvalue weighted by atomic mass is 9.86. The van der Waals surface area contributed by atoms with Gasteiger partial charge in [0.05, 0.1) is 0 Å². The Balaban J connectivity index is 2.23. The number of hydrogen-bond donors (Lipinski definition) is 1. The van der Waals surface area contributed by atoms with Crippen LogP contribution in [0, 0.1) is 5.41 Å². The van der Waals surface area contributed by atoms with Crippen molar-refractivity contribution in [3.63, 3.8) is 0 Å². The van der Waals surface area contributed by atoms with Crippen LogP contribution in [0.2, 0.25) is 0 Å². The number of amides is 1. The second-order valence-electron chi connectivity index (χ2n) is 7.77. The molecule has 0 aliphatic rings. The van der Waals surface area contributed by atoms with Crippen LogP contribution in [-0.2, 0) is 4.74 Å². The Morgan fingerprint density at radius 2 is 1.75 bits per heavy atom. The highest BCUT2D eigenvalue weighted by molar-refractivity contribution is 5.68. The molecule has 0 saturated carbocycles. The Bertz CT molecular complexity index is 682. The Labute approximate surface area is 142 Å². The smallest absolute Gasteiger partial charge is 0.408 e. The molecule has 1 amide bonds. The molecule has 0 aliphatic heterocycles. The highest BCUT2D eigenvalue weighted by atomic mass is 16.6. The zero-order chi connectivity index (χ0) is 18.0. The number of carbonyl (C=O) groups excluding carboxylic acids is 1. The molecule has 2 aromatic rings. The second kappa shape index (κ2) is 6.63. The molecule has 6 nitrogen and oxygen atoms in total. The molecule has 0 unspecified atom stereocenters. The monoisotopic (exact) mass is 331 g/mol. The van der Waals surface area contributed by atoms with E-state index in [0.29, 0.717) is 11.7 Å². The van der Waals surface area contributed by atoms with Gasteiger partial charge in [-0.2, -0.15) is 4.98 Å². The molecule has 1 aromatic heterocycles. The fourth-order valence-electron chi connectivity index (χ4n) is 2.13. The molecule has 1 aromatic carbocycles. The molecule has 1 heterocycles. The number of hydrogen-bond acceptors (Lipinski definition) is 5. The summed E-state index contributed by atoms with van der Waals surface area (Å²) in [6.45, 7) is 11.4. The van der Waals surface area contributed by atoms with Crippen LogP contribution in [0.15, 0.2) is 34.9 Å². The quantitative estimate of drug-likeness (QED) is 0.905. The first-order chi connectivity index (χ1) is 11.1. The number of alkyl carbamates (subject to hydrolysis) is 1. The maximum atomic E-state index is 12.1. The van der Waals surface area contributed by atoms with Crippen molar-refractivity contribution in [3.8, 4) is 11.4 Å². The van der Waals surface area contributed by atoms with Gasteiger partial charge in [-0.25, -0.2) is 4.79 Å². The van der Waals surface area contributed by atoms with Crippen LogP contribution < -0.4 is 5.32 Å². The zero-order valence-electron chi connectivity index (χ0n) is 15.1. The summed E-state index contributed by atoms with van der Waals surface area (Å²) in [6, 6.07) is 9.09. The summed E-state index contributed by atoms with van der Waals surface area (Å²) < 4.78 is 10.7. The molecule has 0 spiro atoms. The third kappa shape index (κ3) is 4.81. The number of carbonyl (C=O) groups is 1. The summed E-state index contributed by atoms with van der Waals surface area (Å²) in [7, 11) is 0. The largest absolute Gasteiger partial charge is 0.444 e. The Morgan fingerprint density at radius 1 is 1.12 bits per heavy atom. The van der Waals surface area contributed by atoms with E-state index in [2.05, 4.69) is 15.5 Å². The minimum Gasteiger partial charge on any atom is -0.444 e. The van der Waals surface area contributed by atoms with Gasteiger partial charge in [0.2, 0.25) is 11.7 Å². The Kier molecular flexibility index (Phi) is 4.96. The predicted molar refractivity (Wildman–Crippen MR) is 91.3 cm³/mol. The van der Waals surface area contributed by atoms with Gasteiger partial charge in [0.15, 0.2) is 0 Å². The molecule has 0 radical (unpaired) electrons. The Hall–Kier alpha value is -2.37. The van der Waals surface area contributed by atoms with E-state index in [1.807, 2.05) is 71.9 Å². The molecule has 0 aliphatic carbocycles. The van der Waals surface area contributed by atoms with Crippen molar-refractivity contribution in [2.45, 2.75) is 53.2 Å². The number of aromatic nitrogens is 2. The van der Waals surface area contributed by atoms with Gasteiger partial charge in [0.25, 0.3) is 0 Å². The summed E-state index contributed by atoms with van der Waals surface area (Å²) >= 11 is 0. The molecule has 2 rings (SSSR count). The molecule has 24 heavy (non-hydrogen) atoms. The molecule has 1 N–H and O–H groups in total. The van der Waals surface area contributed by atoms with Crippen LogP contribution in [0.1, 0.15) is 53.5 Å². The fraction of sp³-hybridized carbons (Fsp3) is 0.500. The normalized spacial score (nSPS) is 13.4. The standard InChI is InChI=1S/C18H25N3O3/c1-17(2,3)13(19-16(22)23-18(4,5)6)15-20-14(21-24-15)12-10-8-7-9-11-12/h7-11,13H,1-6H3,(H,19,22)/t13-/m1/s1. The van der Waals surface area contributed by atoms with Gasteiger partial charge in [-0.3, -0.25) is 0 Å². The molecule has 130 valence electrons. The number of benzene rings is 1. The van der Waals surface area contributed by atoms with Crippen molar-refractivity contribution in [1.82, 2.24) is 15.5 Å². The number of ether oxygens (including phenoxy) is 1. The Morgan fingerprint density at radius 3 is 2.29 bits per heavy atom. The van der Waals surface area contributed by atoms with Crippen LogP contribution >= 0.6 is 0 Å². The molecule has 0 fully saturated rings. The minimum atomic E-state index is -0.573. The van der Waals surface area contributed by atoms with Gasteiger partial charge in [-0.05, 0) is 26.2 Å². The van der Waals surface area contributed by atoms with E-state index in [1.54, 1.807) is 0 Å². The second-order valence-corrected chi connectivity index (χ2v) is 7.77. The van der Waals surface area contributed by atoms with Crippen molar-refractivity contribution >= 4 is 6.09 Å². The third-order valence-corrected chi connectivity index (χ3v) is 3.25. The van der Waals surface area contributed by atoms with Gasteiger partial charge >= 0.3 is 6.09 Å². The van der Waals surface area contributed by atoms with Crippen molar-refractivity contribution in [3.05, 3.63) is 36.2 Å². The lowest BCUT2D eigenvalue weighted by Gasteiger charge is -2.29. The van der Waals surface area contributed by atoms with Crippen molar-refractivity contribution in [1.29, 1.82) is 0 Å². The van der Waals surface area contributed by atoms with Crippen LogP contribution in [0.3, 0.4) is 0 Å². The van der Waals surface area contributed by atoms with E-state index in [0.717, 1.165) is 5.56 Å². The van der Waals surface area contributed by atoms with Gasteiger partial charge in [-0.15, -0.1) is 0 Å². The fourth-order valence-corrected chi connectivity index (χ4v) is 2.13. The maximum Gasteiger partial charge on any atom is 0.408 e. The average Bonchev–Trinajstić information content (AvgIpc) is 2.92. The van der Waals surface area contributed by atoms with Gasteiger partial charge in [0.1, 0.15) is 11.6 Å². The van der Waals surface area contributed by atoms with Gasteiger partial charge in [0, 0.05) is 5.56 Å². The van der Waals surface area contributed by atoms with Crippen LogP contribution in [0.25, 0.3) is 11.4 Å². The van der Waals surface area contributed by atoms with Gasteiger partial charge in [-0.1, -0.05) is 56.3 Å². The van der Waals surface area contributed by atoms with E-state index in [9.17, 15) is 4.79 Å². The molecule has 0 bridgehead atoms. The number of nitrogens with one attached hydrogen (secondary N) is 1. The number of nitrogens with zero attached hydrogens (tertiary/aromatic N) is 2. The van der Waals surface area contributed by atoms with E-state index < -0.39 is 17.7 Å². The van der Waals surface area contributed by atoms with Crippen molar-refractivity contribution in [2.24, 2.45) is 5.41 Å². The van der Waals surface area contributed by atoms with Crippen LogP contribution in [0.4, 0.5) is 4.79 Å². The lowest BCUT2D eigenvalue weighted by Crippen LogP contribution is -2.40. The van der Waals surface area contributed by atoms with Crippen LogP contribution in [0.5, 0.6) is 0 Å². The van der Waals surface area contributed by atoms with Crippen LogP contribution in [-0.4, -0.2) is 21.8 Å². The summed E-state index contributed by atoms with van der Waals surface area (Å²) in [6.07, 6.45) is -0.512. The van der Waals surface area contributed by atoms with E-state index >= 15 is 0 Å². The average molecular weight is 331 g/mol. The first-order valence-electron chi connectivity index (χ1n) is 7.95. The highest BCUT2D eigenvalue weighted by Crippen LogP contribution is 2.33. The first-order valence-corrected chi connectivity index (χ1v) is 7.95. The molecule has 6 heteroatoms. The zero-order valence-corrected chi connectivity index (χ0v) is 15.1. The SMILES string of the molecule is CC(C)(C)OC(=O)N[C@H](c1nc(-c2ccccc2)no1)C(C)(C)C. The van der Waals surface area contributed by atoms with Crippen molar-refractivity contribution < 1.29 is 14.1 Å². The molecular formula is C18H25N3O3. The van der Waals surface area contributed by atoms with Crippen molar-refractivity contribution in [2.75, 3.05) is 0 Å². The third-order valence-electron chi connectivity index (χ3n) is 3.25. The number of rotatable bonds is 3. The van der Waals surface area contributed by atoms with E-state index in [4.69, 9.17) is 9.26 Å². The topological polar surface area (TPSA) is 77.2 Å². The summed E-state index contributed by atoms with van der Waals surface area (Å²) in [5.74, 6) is 0.845. The maximum absolute atomic E-state index is 12.1. The van der Waals surface area contributed by atoms with E-state index in [-0.39, 0.29) is 5.41 Å². The first kappa shape index (κ1) is 18.0. The molecular weight excluding hydrogens is 306 g/mol. The summed E-state index contributed by atoms with van der Waals surface area (Å²) in [4.78, 5) is 16.6. The lowest BCUT2D eigenvalue weighted by molar-refractivity contribution is 0.0442. The predicted octanol–water partition coefficient (Wildman–Crippen LogP) is 4.35. The summed E-state index contributed by atoms with van der Waals surface area (Å²) in [5, 5.41) is 6.86. The highest BCUT2D eigenvalue weighted by Gasteiger charge is 2.34. The molecule has 1 atom stereocenters. The molecule has 0 saturated heterocycles. The summed E-state index contributed by atoms with van der Waals surface area (Å²) in [5.41, 5.74) is -0.0362. The van der Waals surface area contributed by atoms with Gasteiger partial charge < -0.3 is 14.6 Å². The van der Waals surface area contributed by atoms with E-state index in [1.165, 1.54) is 0 Å². The minimum absolute atomic E-state index is 0.322.